The maximum absolute atomic E-state index is 13.5. The predicted octanol–water partition coefficient (Wildman–Crippen LogP) is 5.38. The molecule has 0 aromatic heterocycles. The van der Waals surface area contributed by atoms with Crippen LogP contribution < -0.4 is 9.62 Å². The Kier molecular flexibility index (Phi) is 7.82. The summed E-state index contributed by atoms with van der Waals surface area (Å²) in [6.07, 6.45) is 0.623. The number of amides is 1. The predicted molar refractivity (Wildman–Crippen MR) is 130 cm³/mol. The Labute approximate surface area is 199 Å². The molecule has 32 heavy (non-hydrogen) atoms. The lowest BCUT2D eigenvalue weighted by atomic mass is 10.1. The number of halogens is 2. The maximum atomic E-state index is 13.5. The number of hydrogen-bond acceptors (Lipinski definition) is 3. The summed E-state index contributed by atoms with van der Waals surface area (Å²) >= 11 is 12.1. The summed E-state index contributed by atoms with van der Waals surface area (Å²) in [7, 11) is -3.97. The number of rotatable bonds is 8. The summed E-state index contributed by atoms with van der Waals surface area (Å²) in [5, 5.41) is 3.68. The van der Waals surface area contributed by atoms with Gasteiger partial charge in [-0.2, -0.15) is 0 Å². The number of para-hydroxylation sites is 1. The summed E-state index contributed by atoms with van der Waals surface area (Å²) in [6.45, 7) is 3.62. The molecule has 3 rings (SSSR count). The molecule has 0 saturated carbocycles. The van der Waals surface area contributed by atoms with Crippen molar-refractivity contribution in [1.82, 2.24) is 5.32 Å². The third-order valence-electron chi connectivity index (χ3n) is 5.03. The molecule has 0 aliphatic rings. The van der Waals surface area contributed by atoms with E-state index in [1.165, 1.54) is 0 Å². The van der Waals surface area contributed by atoms with Gasteiger partial charge in [0.05, 0.1) is 10.6 Å². The van der Waals surface area contributed by atoms with Crippen LogP contribution in [0.15, 0.2) is 71.6 Å². The Bertz CT molecular complexity index is 1210. The standard InChI is InChI=1S/C24H24Cl2N2O3S/c1-3-18-6-4-5-7-23(18)28(32(30,31)21-12-8-17(2)9-13-21)16-24(29)27-15-19-10-11-20(25)14-22(19)26/h4-14H,3,15-16H2,1-2H3,(H,27,29). The molecule has 0 bridgehead atoms. The number of carbonyl (C=O) groups is 1. The van der Waals surface area contributed by atoms with Gasteiger partial charge in [-0.25, -0.2) is 8.42 Å². The fourth-order valence-corrected chi connectivity index (χ4v) is 5.17. The molecule has 0 aliphatic heterocycles. The van der Waals surface area contributed by atoms with Crippen LogP contribution in [0.5, 0.6) is 0 Å². The first-order chi connectivity index (χ1) is 15.2. The third-order valence-corrected chi connectivity index (χ3v) is 7.39. The maximum Gasteiger partial charge on any atom is 0.264 e. The molecule has 0 spiro atoms. The van der Waals surface area contributed by atoms with Crippen LogP contribution in [-0.4, -0.2) is 20.9 Å². The van der Waals surface area contributed by atoms with Crippen molar-refractivity contribution in [3.8, 4) is 0 Å². The smallest absolute Gasteiger partial charge is 0.264 e. The number of aryl methyl sites for hydroxylation is 2. The highest BCUT2D eigenvalue weighted by molar-refractivity contribution is 7.92. The monoisotopic (exact) mass is 490 g/mol. The lowest BCUT2D eigenvalue weighted by Gasteiger charge is -2.26. The van der Waals surface area contributed by atoms with Gasteiger partial charge in [0, 0.05) is 16.6 Å². The van der Waals surface area contributed by atoms with Gasteiger partial charge in [0.15, 0.2) is 0 Å². The lowest BCUT2D eigenvalue weighted by molar-refractivity contribution is -0.119. The van der Waals surface area contributed by atoms with E-state index in [-0.39, 0.29) is 18.0 Å². The zero-order valence-corrected chi connectivity index (χ0v) is 20.1. The molecule has 168 valence electrons. The lowest BCUT2D eigenvalue weighted by Crippen LogP contribution is -2.41. The molecule has 5 nitrogen and oxygen atoms in total. The Morgan fingerprint density at radius 3 is 2.31 bits per heavy atom. The van der Waals surface area contributed by atoms with Crippen molar-refractivity contribution in [3.63, 3.8) is 0 Å². The molecular formula is C24H24Cl2N2O3S. The second kappa shape index (κ2) is 10.4. The number of benzene rings is 3. The Balaban J connectivity index is 1.90. The third kappa shape index (κ3) is 5.63. The van der Waals surface area contributed by atoms with Crippen molar-refractivity contribution >= 4 is 44.8 Å². The van der Waals surface area contributed by atoms with Crippen molar-refractivity contribution in [2.45, 2.75) is 31.7 Å². The number of nitrogens with one attached hydrogen (secondary N) is 1. The van der Waals surface area contributed by atoms with E-state index in [1.807, 2.05) is 26.0 Å². The Morgan fingerprint density at radius 2 is 1.66 bits per heavy atom. The number of anilines is 1. The Hall–Kier alpha value is -2.54. The van der Waals surface area contributed by atoms with Gasteiger partial charge in [0.25, 0.3) is 10.0 Å². The van der Waals surface area contributed by atoms with E-state index in [0.717, 1.165) is 15.4 Å². The minimum atomic E-state index is -3.97. The minimum Gasteiger partial charge on any atom is -0.350 e. The summed E-state index contributed by atoms with van der Waals surface area (Å²) < 4.78 is 28.2. The van der Waals surface area contributed by atoms with E-state index in [2.05, 4.69) is 5.32 Å². The van der Waals surface area contributed by atoms with E-state index in [0.29, 0.717) is 27.7 Å². The van der Waals surface area contributed by atoms with Gasteiger partial charge >= 0.3 is 0 Å². The zero-order chi connectivity index (χ0) is 23.3. The summed E-state index contributed by atoms with van der Waals surface area (Å²) in [5.74, 6) is -0.447. The molecule has 3 aromatic rings. The van der Waals surface area contributed by atoms with Crippen molar-refractivity contribution in [1.29, 1.82) is 0 Å². The first kappa shape index (κ1) is 24.1. The van der Waals surface area contributed by atoms with Crippen LogP contribution in [-0.2, 0) is 27.8 Å². The summed E-state index contributed by atoms with van der Waals surface area (Å²) in [6, 6.07) is 18.8. The SMILES string of the molecule is CCc1ccccc1N(CC(=O)NCc1ccc(Cl)cc1Cl)S(=O)(=O)c1ccc(C)cc1. The van der Waals surface area contributed by atoms with Crippen molar-refractivity contribution < 1.29 is 13.2 Å². The summed E-state index contributed by atoms with van der Waals surface area (Å²) in [5.41, 5.74) is 2.94. The average Bonchev–Trinajstić information content (AvgIpc) is 2.77. The van der Waals surface area contributed by atoms with Gasteiger partial charge in [-0.1, -0.05) is 72.1 Å². The van der Waals surface area contributed by atoms with E-state index in [9.17, 15) is 13.2 Å². The van der Waals surface area contributed by atoms with Crippen LogP contribution in [0.1, 0.15) is 23.6 Å². The molecule has 8 heteroatoms. The highest BCUT2D eigenvalue weighted by Gasteiger charge is 2.28. The molecule has 0 aliphatic carbocycles. The molecule has 0 unspecified atom stereocenters. The number of carbonyl (C=O) groups excluding carboxylic acids is 1. The van der Waals surface area contributed by atoms with Gasteiger partial charge in [-0.3, -0.25) is 9.10 Å². The first-order valence-corrected chi connectivity index (χ1v) is 12.3. The van der Waals surface area contributed by atoms with E-state index in [4.69, 9.17) is 23.2 Å². The average molecular weight is 491 g/mol. The quantitative estimate of drug-likeness (QED) is 0.461. The van der Waals surface area contributed by atoms with E-state index in [1.54, 1.807) is 54.6 Å². The normalized spacial score (nSPS) is 11.2. The first-order valence-electron chi connectivity index (χ1n) is 10.1. The number of sulfonamides is 1. The van der Waals surface area contributed by atoms with Crippen LogP contribution in [0.4, 0.5) is 5.69 Å². The molecule has 0 saturated heterocycles. The number of nitrogens with zero attached hydrogens (tertiary/aromatic N) is 1. The van der Waals surface area contributed by atoms with Crippen LogP contribution in [0.3, 0.4) is 0 Å². The molecule has 0 fully saturated rings. The van der Waals surface area contributed by atoms with Gasteiger partial charge in [0.2, 0.25) is 5.91 Å². The number of hydrogen-bond donors (Lipinski definition) is 1. The van der Waals surface area contributed by atoms with Gasteiger partial charge in [0.1, 0.15) is 6.54 Å². The molecule has 1 N–H and O–H groups in total. The zero-order valence-electron chi connectivity index (χ0n) is 17.8. The minimum absolute atomic E-state index is 0.127. The molecule has 0 radical (unpaired) electrons. The Morgan fingerprint density at radius 1 is 0.969 bits per heavy atom. The van der Waals surface area contributed by atoms with Gasteiger partial charge in [-0.05, 0) is 54.8 Å². The second-order valence-electron chi connectivity index (χ2n) is 7.32. The van der Waals surface area contributed by atoms with Crippen LogP contribution in [0, 0.1) is 6.92 Å². The van der Waals surface area contributed by atoms with Gasteiger partial charge < -0.3 is 5.32 Å². The highest BCUT2D eigenvalue weighted by atomic mass is 35.5. The topological polar surface area (TPSA) is 66.5 Å². The van der Waals surface area contributed by atoms with Crippen LogP contribution in [0.2, 0.25) is 10.0 Å². The van der Waals surface area contributed by atoms with E-state index < -0.39 is 15.9 Å². The fraction of sp³-hybridized carbons (Fsp3) is 0.208. The van der Waals surface area contributed by atoms with Crippen LogP contribution >= 0.6 is 23.2 Å². The molecular weight excluding hydrogens is 467 g/mol. The largest absolute Gasteiger partial charge is 0.350 e. The molecule has 0 heterocycles. The molecule has 1 amide bonds. The van der Waals surface area contributed by atoms with Crippen molar-refractivity contribution in [3.05, 3.63) is 93.5 Å². The molecule has 0 atom stereocenters. The second-order valence-corrected chi connectivity index (χ2v) is 10.0. The molecule has 3 aromatic carbocycles. The highest BCUT2D eigenvalue weighted by Crippen LogP contribution is 2.28. The van der Waals surface area contributed by atoms with Crippen molar-refractivity contribution in [2.24, 2.45) is 0 Å². The summed E-state index contributed by atoms with van der Waals surface area (Å²) in [4.78, 5) is 13.0. The van der Waals surface area contributed by atoms with E-state index >= 15 is 0 Å². The fourth-order valence-electron chi connectivity index (χ4n) is 3.24. The van der Waals surface area contributed by atoms with Gasteiger partial charge in [-0.15, -0.1) is 0 Å². The van der Waals surface area contributed by atoms with Crippen molar-refractivity contribution in [2.75, 3.05) is 10.8 Å². The van der Waals surface area contributed by atoms with Crippen LogP contribution in [0.25, 0.3) is 0 Å².